The first kappa shape index (κ1) is 23.5. The number of pyridine rings is 1. The summed E-state index contributed by atoms with van der Waals surface area (Å²) in [6, 6.07) is 11.3. The van der Waals surface area contributed by atoms with Crippen molar-refractivity contribution >= 4 is 34.6 Å². The number of fused-ring (bicyclic) bond motifs is 2. The first-order valence-electron chi connectivity index (χ1n) is 12.6. The van der Waals surface area contributed by atoms with Crippen molar-refractivity contribution in [3.63, 3.8) is 0 Å². The second-order valence-electron chi connectivity index (χ2n) is 9.99. The Morgan fingerprint density at radius 1 is 1.19 bits per heavy atom. The van der Waals surface area contributed by atoms with Gasteiger partial charge in [-0.15, -0.1) is 0 Å². The molecule has 192 valence electrons. The summed E-state index contributed by atoms with van der Waals surface area (Å²) in [5.41, 5.74) is 1.21. The second kappa shape index (κ2) is 8.88. The van der Waals surface area contributed by atoms with E-state index in [2.05, 4.69) is 22.5 Å². The number of furan rings is 1. The lowest BCUT2D eigenvalue weighted by Gasteiger charge is -2.34. The van der Waals surface area contributed by atoms with Crippen LogP contribution < -0.4 is 20.3 Å². The highest BCUT2D eigenvalue weighted by atomic mass is 16.5. The first-order valence-corrected chi connectivity index (χ1v) is 12.6. The summed E-state index contributed by atoms with van der Waals surface area (Å²) in [5, 5.41) is 5.93. The lowest BCUT2D eigenvalue weighted by molar-refractivity contribution is -0.127. The Morgan fingerprint density at radius 3 is 2.81 bits per heavy atom. The largest absolute Gasteiger partial charge is 0.497 e. The predicted octanol–water partition coefficient (Wildman–Crippen LogP) is 1.96. The molecule has 2 fully saturated rings. The van der Waals surface area contributed by atoms with E-state index in [1.165, 1.54) is 0 Å². The predicted molar refractivity (Wildman–Crippen MR) is 135 cm³/mol. The molecular weight excluding hydrogens is 474 g/mol. The normalized spacial score (nSPS) is 23.6. The van der Waals surface area contributed by atoms with E-state index < -0.39 is 17.2 Å². The van der Waals surface area contributed by atoms with Crippen LogP contribution in [0.3, 0.4) is 0 Å². The molecule has 37 heavy (non-hydrogen) atoms. The van der Waals surface area contributed by atoms with Gasteiger partial charge in [-0.2, -0.15) is 0 Å². The van der Waals surface area contributed by atoms with E-state index in [-0.39, 0.29) is 18.9 Å². The van der Waals surface area contributed by atoms with Crippen LogP contribution in [0, 0.1) is 0 Å². The quantitative estimate of drug-likeness (QED) is 0.491. The van der Waals surface area contributed by atoms with Gasteiger partial charge in [0.2, 0.25) is 11.8 Å². The van der Waals surface area contributed by atoms with Crippen molar-refractivity contribution in [2.75, 3.05) is 38.2 Å². The summed E-state index contributed by atoms with van der Waals surface area (Å²) in [6.07, 6.45) is 0.935. The SMILES string of the molecule is CC[C@@H]1CN(c2ccc3oc([C@]4(CN5Cc6ccc(OC)cc6C5=O)CC(=O)NC4=O)cc3n2)CCN1. The van der Waals surface area contributed by atoms with E-state index in [9.17, 15) is 14.4 Å². The van der Waals surface area contributed by atoms with E-state index in [1.54, 1.807) is 30.2 Å². The fourth-order valence-corrected chi connectivity index (χ4v) is 5.60. The number of carbonyl (C=O) groups is 3. The number of aromatic nitrogens is 1. The number of nitrogens with one attached hydrogen (secondary N) is 2. The smallest absolute Gasteiger partial charge is 0.254 e. The summed E-state index contributed by atoms with van der Waals surface area (Å²) in [5.74, 6) is 0.707. The fraction of sp³-hybridized carbons (Fsp3) is 0.407. The highest BCUT2D eigenvalue weighted by Crippen LogP contribution is 2.39. The van der Waals surface area contributed by atoms with Crippen LogP contribution in [0.1, 0.15) is 41.4 Å². The van der Waals surface area contributed by atoms with Gasteiger partial charge in [-0.3, -0.25) is 19.7 Å². The van der Waals surface area contributed by atoms with E-state index in [0.717, 1.165) is 37.4 Å². The Labute approximate surface area is 213 Å². The van der Waals surface area contributed by atoms with Crippen LogP contribution in [0.25, 0.3) is 11.1 Å². The van der Waals surface area contributed by atoms with Gasteiger partial charge in [0.25, 0.3) is 5.91 Å². The molecule has 0 bridgehead atoms. The van der Waals surface area contributed by atoms with Gasteiger partial charge in [-0.05, 0) is 36.2 Å². The number of carbonyl (C=O) groups excluding carboxylic acids is 3. The van der Waals surface area contributed by atoms with Gasteiger partial charge in [0.05, 0.1) is 13.5 Å². The monoisotopic (exact) mass is 503 g/mol. The molecule has 10 nitrogen and oxygen atoms in total. The van der Waals surface area contributed by atoms with Crippen molar-refractivity contribution in [2.24, 2.45) is 0 Å². The molecule has 3 aliphatic rings. The maximum Gasteiger partial charge on any atom is 0.254 e. The molecule has 1 aromatic carbocycles. The lowest BCUT2D eigenvalue weighted by atomic mass is 9.82. The standard InChI is InChI=1S/C27H29N5O5/c1-3-17-14-31(9-8-28-17)23-7-6-21-20(29-23)11-22(37-21)27(12-24(33)30-26(27)35)15-32-13-16-4-5-18(36-2)10-19(16)25(32)34/h4-7,10-11,17,28H,3,8-9,12-15H2,1-2H3,(H,30,33,35)/t17-,27-/m1/s1. The van der Waals surface area contributed by atoms with Crippen LogP contribution in [0.5, 0.6) is 5.75 Å². The number of benzene rings is 1. The van der Waals surface area contributed by atoms with Crippen LogP contribution in [0.4, 0.5) is 5.82 Å². The van der Waals surface area contributed by atoms with Crippen molar-refractivity contribution in [1.29, 1.82) is 0 Å². The maximum absolute atomic E-state index is 13.3. The van der Waals surface area contributed by atoms with Crippen LogP contribution in [-0.2, 0) is 21.5 Å². The van der Waals surface area contributed by atoms with Gasteiger partial charge in [0.1, 0.15) is 28.3 Å². The Bertz CT molecular complexity index is 1420. The topological polar surface area (TPSA) is 117 Å². The highest BCUT2D eigenvalue weighted by Gasteiger charge is 2.53. The molecule has 0 spiro atoms. The van der Waals surface area contributed by atoms with E-state index >= 15 is 0 Å². The van der Waals surface area contributed by atoms with E-state index in [0.29, 0.717) is 40.8 Å². The van der Waals surface area contributed by atoms with Crippen LogP contribution in [0.2, 0.25) is 0 Å². The van der Waals surface area contributed by atoms with Crippen molar-refractivity contribution < 1.29 is 23.5 Å². The van der Waals surface area contributed by atoms with Crippen molar-refractivity contribution in [1.82, 2.24) is 20.5 Å². The Kier molecular flexibility index (Phi) is 5.63. The molecule has 0 saturated carbocycles. The molecule has 0 unspecified atom stereocenters. The molecule has 2 aromatic heterocycles. The second-order valence-corrected chi connectivity index (χ2v) is 9.99. The Morgan fingerprint density at radius 2 is 2.05 bits per heavy atom. The minimum atomic E-state index is -1.33. The molecule has 10 heteroatoms. The highest BCUT2D eigenvalue weighted by molar-refractivity contribution is 6.10. The van der Waals surface area contributed by atoms with E-state index in [1.807, 2.05) is 18.2 Å². The molecule has 0 radical (unpaired) electrons. The minimum absolute atomic E-state index is 0.0169. The number of amides is 3. The van der Waals surface area contributed by atoms with Crippen molar-refractivity contribution in [3.8, 4) is 5.75 Å². The third-order valence-corrected chi connectivity index (χ3v) is 7.71. The van der Waals surface area contributed by atoms with Gasteiger partial charge in [0, 0.05) is 50.4 Å². The van der Waals surface area contributed by atoms with Gasteiger partial charge in [-0.1, -0.05) is 13.0 Å². The Hall–Kier alpha value is -3.92. The summed E-state index contributed by atoms with van der Waals surface area (Å²) >= 11 is 0. The van der Waals surface area contributed by atoms with Gasteiger partial charge in [0.15, 0.2) is 5.58 Å². The molecule has 2 atom stereocenters. The molecule has 2 saturated heterocycles. The Balaban J connectivity index is 1.33. The van der Waals surface area contributed by atoms with Gasteiger partial charge < -0.3 is 24.3 Å². The lowest BCUT2D eigenvalue weighted by Crippen LogP contribution is -2.50. The van der Waals surface area contributed by atoms with Crippen molar-refractivity contribution in [3.05, 3.63) is 53.3 Å². The van der Waals surface area contributed by atoms with Gasteiger partial charge in [-0.25, -0.2) is 4.98 Å². The number of anilines is 1. The number of ether oxygens (including phenoxy) is 1. The first-order chi connectivity index (χ1) is 17.9. The van der Waals surface area contributed by atoms with E-state index in [4.69, 9.17) is 14.1 Å². The number of hydrogen-bond acceptors (Lipinski definition) is 8. The molecule has 0 aliphatic carbocycles. The molecule has 3 aliphatic heterocycles. The molecule has 5 heterocycles. The number of methoxy groups -OCH3 is 1. The number of imide groups is 1. The molecule has 2 N–H and O–H groups in total. The fourth-order valence-electron chi connectivity index (χ4n) is 5.60. The average molecular weight is 504 g/mol. The van der Waals surface area contributed by atoms with Crippen molar-refractivity contribution in [2.45, 2.75) is 37.8 Å². The number of piperazine rings is 1. The summed E-state index contributed by atoms with van der Waals surface area (Å²) in [7, 11) is 1.55. The minimum Gasteiger partial charge on any atom is -0.497 e. The summed E-state index contributed by atoms with van der Waals surface area (Å²) in [4.78, 5) is 47.6. The summed E-state index contributed by atoms with van der Waals surface area (Å²) in [6.45, 7) is 5.12. The third kappa shape index (κ3) is 3.92. The zero-order valence-corrected chi connectivity index (χ0v) is 20.9. The van der Waals surface area contributed by atoms with Crippen LogP contribution in [-0.4, -0.2) is 66.9 Å². The average Bonchev–Trinajstić information content (AvgIpc) is 3.57. The number of hydrogen-bond donors (Lipinski definition) is 2. The molecule has 3 aromatic rings. The maximum atomic E-state index is 13.3. The third-order valence-electron chi connectivity index (χ3n) is 7.71. The zero-order valence-electron chi connectivity index (χ0n) is 20.9. The summed E-state index contributed by atoms with van der Waals surface area (Å²) < 4.78 is 11.4. The number of nitrogens with zero attached hydrogens (tertiary/aromatic N) is 3. The van der Waals surface area contributed by atoms with Crippen LogP contribution >= 0.6 is 0 Å². The molecule has 6 rings (SSSR count). The molecular formula is C27H29N5O5. The molecule has 3 amide bonds. The van der Waals surface area contributed by atoms with Crippen LogP contribution in [0.15, 0.2) is 40.8 Å². The number of rotatable bonds is 6. The zero-order chi connectivity index (χ0) is 25.7. The van der Waals surface area contributed by atoms with Gasteiger partial charge >= 0.3 is 0 Å².